The topological polar surface area (TPSA) is 64.8 Å². The third kappa shape index (κ3) is 3.76. The third-order valence-corrected chi connectivity index (χ3v) is 2.97. The van der Waals surface area contributed by atoms with Gasteiger partial charge in [-0.15, -0.1) is 0 Å². The molecule has 0 saturated heterocycles. The maximum atomic E-state index is 11.9. The number of nitrogens with one attached hydrogen (secondary N) is 1. The number of ketones is 1. The lowest BCUT2D eigenvalue weighted by Crippen LogP contribution is -2.99. The van der Waals surface area contributed by atoms with Crippen LogP contribution < -0.4 is 5.23 Å². The standard InChI is InChI=1S/C15H12ClNO3/c16-13-6-4-12(5-7-13)15(18)10-3-11-1-8-14(9-2-11)17(19)20/h1-10,17,19H. The van der Waals surface area contributed by atoms with Gasteiger partial charge in [0, 0.05) is 22.7 Å². The van der Waals surface area contributed by atoms with Crippen molar-refractivity contribution in [3.8, 4) is 0 Å². The van der Waals surface area contributed by atoms with Gasteiger partial charge in [0.1, 0.15) is 0 Å². The van der Waals surface area contributed by atoms with Crippen LogP contribution in [0.5, 0.6) is 0 Å². The monoisotopic (exact) mass is 289 g/mol. The number of carbonyl (C=O) groups excluding carboxylic acids is 1. The summed E-state index contributed by atoms with van der Waals surface area (Å²) in [4.78, 5) is 11.9. The first kappa shape index (κ1) is 14.4. The van der Waals surface area contributed by atoms with Gasteiger partial charge >= 0.3 is 0 Å². The Bertz CT molecular complexity index is 619. The molecular formula is C15H12ClNO3. The second-order valence-electron chi connectivity index (χ2n) is 4.13. The van der Waals surface area contributed by atoms with Crippen LogP contribution in [0.25, 0.3) is 6.08 Å². The van der Waals surface area contributed by atoms with Crippen LogP contribution in [0.2, 0.25) is 5.02 Å². The van der Waals surface area contributed by atoms with Crippen molar-refractivity contribution in [2.75, 3.05) is 0 Å². The van der Waals surface area contributed by atoms with Crippen LogP contribution in [-0.2, 0) is 0 Å². The van der Waals surface area contributed by atoms with E-state index in [2.05, 4.69) is 0 Å². The molecule has 20 heavy (non-hydrogen) atoms. The summed E-state index contributed by atoms with van der Waals surface area (Å²) >= 11 is 5.75. The van der Waals surface area contributed by atoms with Gasteiger partial charge in [-0.3, -0.25) is 4.79 Å². The van der Waals surface area contributed by atoms with Crippen molar-refractivity contribution in [2.45, 2.75) is 0 Å². The summed E-state index contributed by atoms with van der Waals surface area (Å²) in [5.41, 5.74) is 1.52. The SMILES string of the molecule is O=C(C=Cc1ccc([NH+]([O-])O)cc1)c1ccc(Cl)cc1. The van der Waals surface area contributed by atoms with E-state index < -0.39 is 5.23 Å². The van der Waals surface area contributed by atoms with Gasteiger partial charge in [-0.25, -0.2) is 5.21 Å². The fraction of sp³-hybridized carbons (Fsp3) is 0. The normalized spacial score (nSPS) is 12.6. The van der Waals surface area contributed by atoms with Crippen LogP contribution in [0.1, 0.15) is 15.9 Å². The van der Waals surface area contributed by atoms with Gasteiger partial charge in [0.05, 0.1) is 0 Å². The first-order valence-corrected chi connectivity index (χ1v) is 6.25. The highest BCUT2D eigenvalue weighted by Crippen LogP contribution is 2.12. The quantitative estimate of drug-likeness (QED) is 0.517. The molecule has 0 aliphatic carbocycles. The van der Waals surface area contributed by atoms with E-state index in [1.54, 1.807) is 42.5 Å². The van der Waals surface area contributed by atoms with Gasteiger partial charge in [0.25, 0.3) is 0 Å². The highest BCUT2D eigenvalue weighted by atomic mass is 35.5. The smallest absolute Gasteiger partial charge is 0.185 e. The molecule has 2 rings (SSSR count). The molecule has 102 valence electrons. The molecule has 0 spiro atoms. The van der Waals surface area contributed by atoms with Crippen molar-refractivity contribution in [2.24, 2.45) is 0 Å². The first-order chi connectivity index (χ1) is 9.56. The highest BCUT2D eigenvalue weighted by Gasteiger charge is 2.02. The Morgan fingerprint density at radius 1 is 1.10 bits per heavy atom. The van der Waals surface area contributed by atoms with E-state index in [0.717, 1.165) is 5.56 Å². The minimum atomic E-state index is -0.974. The molecule has 4 nitrogen and oxygen atoms in total. The van der Waals surface area contributed by atoms with Crippen LogP contribution in [-0.4, -0.2) is 11.0 Å². The molecule has 2 aromatic rings. The van der Waals surface area contributed by atoms with E-state index in [4.69, 9.17) is 16.8 Å². The Morgan fingerprint density at radius 3 is 2.25 bits per heavy atom. The number of rotatable bonds is 4. The zero-order chi connectivity index (χ0) is 14.5. The van der Waals surface area contributed by atoms with Crippen molar-refractivity contribution in [3.63, 3.8) is 0 Å². The molecule has 2 N–H and O–H groups in total. The molecule has 0 radical (unpaired) electrons. The Labute approximate surface area is 121 Å². The maximum Gasteiger partial charge on any atom is 0.185 e. The molecule has 0 fully saturated rings. The van der Waals surface area contributed by atoms with Crippen LogP contribution in [0, 0.1) is 5.21 Å². The van der Waals surface area contributed by atoms with Gasteiger partial charge in [-0.1, -0.05) is 17.7 Å². The largest absolute Gasteiger partial charge is 0.595 e. The third-order valence-electron chi connectivity index (χ3n) is 2.71. The molecule has 1 atom stereocenters. The summed E-state index contributed by atoms with van der Waals surface area (Å²) in [5.74, 6) is -0.135. The fourth-order valence-electron chi connectivity index (χ4n) is 1.62. The molecule has 1 unspecified atom stereocenters. The zero-order valence-corrected chi connectivity index (χ0v) is 11.2. The maximum absolute atomic E-state index is 11.9. The summed E-state index contributed by atoms with van der Waals surface area (Å²) < 4.78 is 0. The van der Waals surface area contributed by atoms with E-state index >= 15 is 0 Å². The summed E-state index contributed by atoms with van der Waals surface area (Å²) in [6.45, 7) is 0. The molecule has 0 aliphatic heterocycles. The van der Waals surface area contributed by atoms with E-state index in [1.807, 2.05) is 0 Å². The van der Waals surface area contributed by atoms with Gasteiger partial charge < -0.3 is 5.21 Å². The molecule has 0 amide bonds. The Balaban J connectivity index is 2.08. The summed E-state index contributed by atoms with van der Waals surface area (Å²) in [7, 11) is 0. The summed E-state index contributed by atoms with van der Waals surface area (Å²) in [6.07, 6.45) is 3.08. The van der Waals surface area contributed by atoms with Crippen LogP contribution in [0.15, 0.2) is 54.6 Å². The number of carbonyl (C=O) groups is 1. The fourth-order valence-corrected chi connectivity index (χ4v) is 1.75. The first-order valence-electron chi connectivity index (χ1n) is 5.87. The predicted octanol–water partition coefficient (Wildman–Crippen LogP) is 2.64. The number of hydrogen-bond acceptors (Lipinski definition) is 3. The molecule has 0 aliphatic rings. The Kier molecular flexibility index (Phi) is 4.65. The van der Waals surface area contributed by atoms with Crippen molar-refractivity contribution in [1.29, 1.82) is 0 Å². The lowest BCUT2D eigenvalue weighted by atomic mass is 10.1. The average Bonchev–Trinajstić information content (AvgIpc) is 2.46. The Morgan fingerprint density at radius 2 is 1.70 bits per heavy atom. The molecule has 5 heteroatoms. The van der Waals surface area contributed by atoms with Crippen molar-refractivity contribution < 1.29 is 15.2 Å². The van der Waals surface area contributed by atoms with E-state index in [0.29, 0.717) is 10.6 Å². The lowest BCUT2D eigenvalue weighted by Gasteiger charge is -2.10. The molecule has 0 bridgehead atoms. The van der Waals surface area contributed by atoms with Gasteiger partial charge in [-0.2, -0.15) is 5.23 Å². The van der Waals surface area contributed by atoms with Gasteiger partial charge in [0.15, 0.2) is 11.5 Å². The van der Waals surface area contributed by atoms with Gasteiger partial charge in [-0.05, 0) is 48.0 Å². The second kappa shape index (κ2) is 6.45. The van der Waals surface area contributed by atoms with Crippen molar-refractivity contribution in [3.05, 3.63) is 76.0 Å². The second-order valence-corrected chi connectivity index (χ2v) is 4.57. The Hall–Kier alpha value is -1.98. The minimum absolute atomic E-state index is 0.135. The molecule has 2 aromatic carbocycles. The van der Waals surface area contributed by atoms with Crippen molar-refractivity contribution in [1.82, 2.24) is 0 Å². The average molecular weight is 290 g/mol. The summed E-state index contributed by atoms with van der Waals surface area (Å²) in [5, 5.41) is 19.1. The zero-order valence-electron chi connectivity index (χ0n) is 10.4. The van der Waals surface area contributed by atoms with Gasteiger partial charge in [0.2, 0.25) is 0 Å². The molecular weight excluding hydrogens is 278 g/mol. The predicted molar refractivity (Wildman–Crippen MR) is 77.0 cm³/mol. The molecule has 0 heterocycles. The van der Waals surface area contributed by atoms with Crippen molar-refractivity contribution >= 4 is 29.1 Å². The number of benzene rings is 2. The number of hydrogen-bond donors (Lipinski definition) is 2. The number of halogens is 1. The minimum Gasteiger partial charge on any atom is -0.595 e. The highest BCUT2D eigenvalue weighted by molar-refractivity contribution is 6.30. The van der Waals surface area contributed by atoms with Crippen LogP contribution in [0.4, 0.5) is 5.69 Å². The number of quaternary nitrogens is 1. The van der Waals surface area contributed by atoms with E-state index in [-0.39, 0.29) is 11.5 Å². The van der Waals surface area contributed by atoms with E-state index in [1.165, 1.54) is 18.2 Å². The number of allylic oxidation sites excluding steroid dienone is 1. The van der Waals surface area contributed by atoms with Crippen LogP contribution >= 0.6 is 11.6 Å². The summed E-state index contributed by atoms with van der Waals surface area (Å²) in [6, 6.07) is 12.9. The molecule has 0 saturated carbocycles. The van der Waals surface area contributed by atoms with E-state index in [9.17, 15) is 10.0 Å². The lowest BCUT2D eigenvalue weighted by molar-refractivity contribution is -0.991. The van der Waals surface area contributed by atoms with Crippen LogP contribution in [0.3, 0.4) is 0 Å². The molecule has 0 aromatic heterocycles.